The molecule has 0 fully saturated rings. The molecule has 4 nitrogen and oxygen atoms in total. The Labute approximate surface area is 114 Å². The summed E-state index contributed by atoms with van der Waals surface area (Å²) in [5, 5.41) is 5.17. The van der Waals surface area contributed by atoms with E-state index in [1.807, 2.05) is 5.38 Å². The third-order valence-corrected chi connectivity index (χ3v) is 3.25. The summed E-state index contributed by atoms with van der Waals surface area (Å²) < 4.78 is 12.9. The molecule has 0 saturated heterocycles. The Bertz CT molecular complexity index is 571. The van der Waals surface area contributed by atoms with Crippen molar-refractivity contribution in [3.63, 3.8) is 0 Å². The summed E-state index contributed by atoms with van der Waals surface area (Å²) in [6, 6.07) is 6.04. The zero-order valence-corrected chi connectivity index (χ0v) is 11.0. The Morgan fingerprint density at radius 3 is 3.00 bits per heavy atom. The molecule has 2 rings (SSSR count). The molecule has 19 heavy (non-hydrogen) atoms. The minimum Gasteiger partial charge on any atom is -0.375 e. The minimum absolute atomic E-state index is 0.131. The standard InChI is InChI=1S/C13H14FN3OS/c14-10-3-1-2-9(6-10)7-12(18)16-5-4-11-8-19-13(15)17-11/h1-3,6,8H,4-5,7H2,(H2,15,17)(H,16,18). The van der Waals surface area contributed by atoms with Gasteiger partial charge >= 0.3 is 0 Å². The van der Waals surface area contributed by atoms with Crippen molar-refractivity contribution in [1.82, 2.24) is 10.3 Å². The number of nitrogen functional groups attached to an aromatic ring is 1. The lowest BCUT2D eigenvalue weighted by Crippen LogP contribution is -2.27. The van der Waals surface area contributed by atoms with Crippen LogP contribution in [0.15, 0.2) is 29.6 Å². The predicted octanol–water partition coefficient (Wildman–Crippen LogP) is 1.77. The molecule has 1 aromatic carbocycles. The average Bonchev–Trinajstić information content (AvgIpc) is 2.75. The average molecular weight is 279 g/mol. The van der Waals surface area contributed by atoms with Crippen LogP contribution >= 0.6 is 11.3 Å². The molecule has 0 bridgehead atoms. The molecule has 0 atom stereocenters. The van der Waals surface area contributed by atoms with E-state index in [2.05, 4.69) is 10.3 Å². The van der Waals surface area contributed by atoms with Crippen LogP contribution in [0.2, 0.25) is 0 Å². The van der Waals surface area contributed by atoms with Gasteiger partial charge in [0.15, 0.2) is 5.13 Å². The number of thiazole rings is 1. The Balaban J connectivity index is 1.76. The van der Waals surface area contributed by atoms with E-state index in [0.717, 1.165) is 5.69 Å². The van der Waals surface area contributed by atoms with Crippen molar-refractivity contribution in [2.24, 2.45) is 0 Å². The van der Waals surface area contributed by atoms with Gasteiger partial charge in [-0.1, -0.05) is 12.1 Å². The van der Waals surface area contributed by atoms with Gasteiger partial charge in [0, 0.05) is 18.3 Å². The number of rotatable bonds is 5. The molecule has 0 spiro atoms. The largest absolute Gasteiger partial charge is 0.375 e. The Morgan fingerprint density at radius 2 is 2.32 bits per heavy atom. The maximum Gasteiger partial charge on any atom is 0.224 e. The van der Waals surface area contributed by atoms with Gasteiger partial charge in [-0.05, 0) is 17.7 Å². The maximum atomic E-state index is 12.9. The minimum atomic E-state index is -0.330. The number of anilines is 1. The Kier molecular flexibility index (Phi) is 4.46. The normalized spacial score (nSPS) is 10.4. The van der Waals surface area contributed by atoms with Crippen LogP contribution in [0.1, 0.15) is 11.3 Å². The first kappa shape index (κ1) is 13.5. The van der Waals surface area contributed by atoms with Gasteiger partial charge in [0.1, 0.15) is 5.82 Å². The third-order valence-electron chi connectivity index (χ3n) is 2.53. The molecule has 0 radical (unpaired) electrons. The maximum absolute atomic E-state index is 12.9. The second-order valence-corrected chi connectivity index (χ2v) is 4.97. The SMILES string of the molecule is Nc1nc(CCNC(=O)Cc2cccc(F)c2)cs1. The number of benzene rings is 1. The molecule has 1 amide bonds. The number of nitrogens with two attached hydrogens (primary N) is 1. The number of amides is 1. The molecule has 3 N–H and O–H groups in total. The zero-order valence-electron chi connectivity index (χ0n) is 10.2. The van der Waals surface area contributed by atoms with Crippen LogP contribution < -0.4 is 11.1 Å². The predicted molar refractivity (Wildman–Crippen MR) is 73.3 cm³/mol. The highest BCUT2D eigenvalue weighted by Gasteiger charge is 2.04. The smallest absolute Gasteiger partial charge is 0.224 e. The van der Waals surface area contributed by atoms with Gasteiger partial charge in [-0.25, -0.2) is 9.37 Å². The molecule has 6 heteroatoms. The highest BCUT2D eigenvalue weighted by atomic mass is 32.1. The van der Waals surface area contributed by atoms with E-state index in [-0.39, 0.29) is 18.1 Å². The second-order valence-electron chi connectivity index (χ2n) is 4.08. The highest BCUT2D eigenvalue weighted by Crippen LogP contribution is 2.10. The van der Waals surface area contributed by atoms with Crippen molar-refractivity contribution in [3.05, 3.63) is 46.7 Å². The van der Waals surface area contributed by atoms with Crippen LogP contribution in [0, 0.1) is 5.82 Å². The first-order valence-electron chi connectivity index (χ1n) is 5.84. The lowest BCUT2D eigenvalue weighted by molar-refractivity contribution is -0.120. The van der Waals surface area contributed by atoms with E-state index < -0.39 is 0 Å². The van der Waals surface area contributed by atoms with Crippen LogP contribution in [0.4, 0.5) is 9.52 Å². The number of hydrogen-bond donors (Lipinski definition) is 2. The number of aromatic nitrogens is 1. The molecule has 100 valence electrons. The van der Waals surface area contributed by atoms with E-state index in [4.69, 9.17) is 5.73 Å². The summed E-state index contributed by atoms with van der Waals surface area (Å²) in [6.07, 6.45) is 0.819. The quantitative estimate of drug-likeness (QED) is 0.876. The molecular weight excluding hydrogens is 265 g/mol. The second kappa shape index (κ2) is 6.29. The molecule has 0 aliphatic carbocycles. The van der Waals surface area contributed by atoms with Crippen LogP contribution in [0.5, 0.6) is 0 Å². The molecule has 0 aliphatic rings. The number of nitrogens with zero attached hydrogens (tertiary/aromatic N) is 1. The van der Waals surface area contributed by atoms with Crippen molar-refractivity contribution in [2.75, 3.05) is 12.3 Å². The summed E-state index contributed by atoms with van der Waals surface area (Å²) >= 11 is 1.38. The van der Waals surface area contributed by atoms with E-state index in [1.165, 1.54) is 23.5 Å². The lowest BCUT2D eigenvalue weighted by Gasteiger charge is -2.04. The van der Waals surface area contributed by atoms with Gasteiger partial charge in [0.25, 0.3) is 0 Å². The van der Waals surface area contributed by atoms with Gasteiger partial charge < -0.3 is 11.1 Å². The van der Waals surface area contributed by atoms with Gasteiger partial charge in [0.2, 0.25) is 5.91 Å². The lowest BCUT2D eigenvalue weighted by atomic mass is 10.1. The van der Waals surface area contributed by atoms with E-state index >= 15 is 0 Å². The van der Waals surface area contributed by atoms with Gasteiger partial charge in [-0.15, -0.1) is 11.3 Å². The third kappa shape index (κ3) is 4.33. The van der Waals surface area contributed by atoms with Gasteiger partial charge in [-0.2, -0.15) is 0 Å². The number of carbonyl (C=O) groups is 1. The molecule has 0 saturated carbocycles. The molecule has 2 aromatic rings. The fourth-order valence-corrected chi connectivity index (χ4v) is 2.26. The van der Waals surface area contributed by atoms with Crippen molar-refractivity contribution in [3.8, 4) is 0 Å². The van der Waals surface area contributed by atoms with Crippen molar-refractivity contribution in [1.29, 1.82) is 0 Å². The molecule has 0 unspecified atom stereocenters. The molecular formula is C13H14FN3OS. The van der Waals surface area contributed by atoms with Crippen molar-refractivity contribution >= 4 is 22.4 Å². The number of hydrogen-bond acceptors (Lipinski definition) is 4. The van der Waals surface area contributed by atoms with E-state index in [1.54, 1.807) is 12.1 Å². The first-order valence-corrected chi connectivity index (χ1v) is 6.72. The summed E-state index contributed by atoms with van der Waals surface area (Å²) in [4.78, 5) is 15.7. The Hall–Kier alpha value is -1.95. The Morgan fingerprint density at radius 1 is 1.47 bits per heavy atom. The fraction of sp³-hybridized carbons (Fsp3) is 0.231. The summed E-state index contributed by atoms with van der Waals surface area (Å²) in [6.45, 7) is 0.497. The van der Waals surface area contributed by atoms with Crippen LogP contribution in [-0.4, -0.2) is 17.4 Å². The van der Waals surface area contributed by atoms with Crippen LogP contribution in [0.25, 0.3) is 0 Å². The number of carbonyl (C=O) groups excluding carboxylic acids is 1. The van der Waals surface area contributed by atoms with Gasteiger partial charge in [0.05, 0.1) is 12.1 Å². The van der Waals surface area contributed by atoms with Crippen LogP contribution in [-0.2, 0) is 17.6 Å². The molecule has 1 aromatic heterocycles. The molecule has 0 aliphatic heterocycles. The molecule has 1 heterocycles. The highest BCUT2D eigenvalue weighted by molar-refractivity contribution is 7.13. The van der Waals surface area contributed by atoms with E-state index in [0.29, 0.717) is 23.7 Å². The van der Waals surface area contributed by atoms with E-state index in [9.17, 15) is 9.18 Å². The topological polar surface area (TPSA) is 68.0 Å². The fourth-order valence-electron chi connectivity index (χ4n) is 1.66. The van der Waals surface area contributed by atoms with Gasteiger partial charge in [-0.3, -0.25) is 4.79 Å². The summed E-state index contributed by atoms with van der Waals surface area (Å²) in [5.41, 5.74) is 7.04. The monoisotopic (exact) mass is 279 g/mol. The zero-order chi connectivity index (χ0) is 13.7. The van der Waals surface area contributed by atoms with Crippen molar-refractivity contribution < 1.29 is 9.18 Å². The number of nitrogens with one attached hydrogen (secondary N) is 1. The van der Waals surface area contributed by atoms with Crippen molar-refractivity contribution in [2.45, 2.75) is 12.8 Å². The number of halogens is 1. The summed E-state index contributed by atoms with van der Waals surface area (Å²) in [7, 11) is 0. The first-order chi connectivity index (χ1) is 9.13. The summed E-state index contributed by atoms with van der Waals surface area (Å²) in [5.74, 6) is -0.461. The van der Waals surface area contributed by atoms with Crippen LogP contribution in [0.3, 0.4) is 0 Å².